The van der Waals surface area contributed by atoms with Gasteiger partial charge in [0.25, 0.3) is 0 Å². The highest BCUT2D eigenvalue weighted by Gasteiger charge is 2.23. The Bertz CT molecular complexity index is 1250. The lowest BCUT2D eigenvalue weighted by Crippen LogP contribution is -2.32. The van der Waals surface area contributed by atoms with E-state index in [1.165, 1.54) is 10.6 Å². The molecule has 0 radical (unpaired) electrons. The molecule has 3 rings (SSSR count). The SMILES string of the molecule is CCc1nc2c(nc1-c1ccc(C(C)C)nc1OC)c(C)cn2C(CC)CN(C)S(C)(=O)=O. The summed E-state index contributed by atoms with van der Waals surface area (Å²) in [6.45, 7) is 10.7. The molecule has 0 saturated carbocycles. The van der Waals surface area contributed by atoms with Gasteiger partial charge in [-0.1, -0.05) is 27.7 Å². The fraction of sp³-hybridized carbons (Fsp3) is 0.542. The zero-order valence-electron chi connectivity index (χ0n) is 20.9. The first kappa shape index (κ1) is 25.1. The van der Waals surface area contributed by atoms with Gasteiger partial charge in [0, 0.05) is 31.5 Å². The van der Waals surface area contributed by atoms with E-state index in [1.807, 2.05) is 25.3 Å². The first-order chi connectivity index (χ1) is 15.5. The van der Waals surface area contributed by atoms with Crippen LogP contribution in [0, 0.1) is 6.92 Å². The molecule has 1 unspecified atom stereocenters. The molecule has 0 amide bonds. The Kier molecular flexibility index (Phi) is 7.43. The molecule has 1 atom stereocenters. The number of nitrogens with zero attached hydrogens (tertiary/aromatic N) is 5. The number of likely N-dealkylation sites (N-methyl/N-ethyl adjacent to an activating group) is 1. The van der Waals surface area contributed by atoms with Crippen LogP contribution in [0.3, 0.4) is 0 Å². The van der Waals surface area contributed by atoms with Crippen LogP contribution in [-0.2, 0) is 16.4 Å². The lowest BCUT2D eigenvalue weighted by molar-refractivity contribution is 0.375. The van der Waals surface area contributed by atoms with E-state index in [9.17, 15) is 8.42 Å². The molecule has 0 aromatic carbocycles. The Morgan fingerprint density at radius 1 is 1.15 bits per heavy atom. The van der Waals surface area contributed by atoms with Crippen molar-refractivity contribution in [1.82, 2.24) is 23.8 Å². The molecule has 3 aromatic rings. The number of sulfonamides is 1. The number of hydrogen-bond acceptors (Lipinski definition) is 6. The maximum absolute atomic E-state index is 12.0. The van der Waals surface area contributed by atoms with Gasteiger partial charge in [-0.2, -0.15) is 0 Å². The summed E-state index contributed by atoms with van der Waals surface area (Å²) in [7, 11) is -0.0390. The lowest BCUT2D eigenvalue weighted by Gasteiger charge is -2.23. The number of pyridine rings is 1. The third-order valence-corrected chi connectivity index (χ3v) is 7.34. The highest BCUT2D eigenvalue weighted by molar-refractivity contribution is 7.88. The Hall–Kier alpha value is -2.52. The Morgan fingerprint density at radius 2 is 1.85 bits per heavy atom. The summed E-state index contributed by atoms with van der Waals surface area (Å²) >= 11 is 0. The summed E-state index contributed by atoms with van der Waals surface area (Å²) in [5.41, 5.74) is 5.98. The molecule has 0 spiro atoms. The van der Waals surface area contributed by atoms with E-state index in [4.69, 9.17) is 14.7 Å². The predicted molar refractivity (Wildman–Crippen MR) is 132 cm³/mol. The topological polar surface area (TPSA) is 90.2 Å². The molecule has 9 heteroatoms. The largest absolute Gasteiger partial charge is 0.480 e. The van der Waals surface area contributed by atoms with Crippen LogP contribution in [0.25, 0.3) is 22.4 Å². The molecule has 0 saturated heterocycles. The van der Waals surface area contributed by atoms with Crippen LogP contribution >= 0.6 is 0 Å². The van der Waals surface area contributed by atoms with Crippen LogP contribution in [0.2, 0.25) is 0 Å². The number of rotatable bonds is 9. The fourth-order valence-electron chi connectivity index (χ4n) is 3.93. The van der Waals surface area contributed by atoms with Gasteiger partial charge in [0.2, 0.25) is 15.9 Å². The Labute approximate surface area is 197 Å². The van der Waals surface area contributed by atoms with Crippen molar-refractivity contribution < 1.29 is 13.2 Å². The van der Waals surface area contributed by atoms with Crippen molar-refractivity contribution in [3.8, 4) is 17.1 Å². The number of aromatic nitrogens is 4. The minimum Gasteiger partial charge on any atom is -0.480 e. The average molecular weight is 474 g/mol. The van der Waals surface area contributed by atoms with Gasteiger partial charge >= 0.3 is 0 Å². The first-order valence-electron chi connectivity index (χ1n) is 11.4. The van der Waals surface area contributed by atoms with Gasteiger partial charge in [0.1, 0.15) is 5.52 Å². The number of ether oxygens (including phenoxy) is 1. The highest BCUT2D eigenvalue weighted by Crippen LogP contribution is 2.34. The van der Waals surface area contributed by atoms with Crippen molar-refractivity contribution in [2.75, 3.05) is 27.0 Å². The molecule has 3 heterocycles. The van der Waals surface area contributed by atoms with Gasteiger partial charge < -0.3 is 9.30 Å². The molecule has 8 nitrogen and oxygen atoms in total. The van der Waals surface area contributed by atoms with Crippen molar-refractivity contribution in [3.05, 3.63) is 35.3 Å². The Morgan fingerprint density at radius 3 is 2.39 bits per heavy atom. The van der Waals surface area contributed by atoms with Crippen molar-refractivity contribution in [3.63, 3.8) is 0 Å². The lowest BCUT2D eigenvalue weighted by atomic mass is 10.1. The average Bonchev–Trinajstić information content (AvgIpc) is 3.10. The molecule has 0 aliphatic heterocycles. The van der Waals surface area contributed by atoms with Crippen LogP contribution in [0.15, 0.2) is 18.3 Å². The summed E-state index contributed by atoms with van der Waals surface area (Å²) in [6, 6.07) is 3.98. The molecule has 0 fully saturated rings. The quantitative estimate of drug-likeness (QED) is 0.459. The van der Waals surface area contributed by atoms with Crippen molar-refractivity contribution in [2.45, 2.75) is 59.4 Å². The highest BCUT2D eigenvalue weighted by atomic mass is 32.2. The van der Waals surface area contributed by atoms with Crippen LogP contribution in [0.4, 0.5) is 0 Å². The van der Waals surface area contributed by atoms with E-state index < -0.39 is 10.0 Å². The van der Waals surface area contributed by atoms with Crippen LogP contribution in [0.1, 0.15) is 63.0 Å². The summed E-state index contributed by atoms with van der Waals surface area (Å²) in [4.78, 5) is 14.7. The van der Waals surface area contributed by atoms with E-state index >= 15 is 0 Å². The minimum atomic E-state index is -3.27. The second-order valence-corrected chi connectivity index (χ2v) is 10.9. The van der Waals surface area contributed by atoms with E-state index in [1.54, 1.807) is 14.2 Å². The third kappa shape index (κ3) is 5.04. The predicted octanol–water partition coefficient (Wildman–Crippen LogP) is 4.34. The van der Waals surface area contributed by atoms with Crippen LogP contribution < -0.4 is 4.74 Å². The number of hydrogen-bond donors (Lipinski definition) is 0. The molecular formula is C24H35N5O3S. The summed E-state index contributed by atoms with van der Waals surface area (Å²) in [6.07, 6.45) is 4.71. The van der Waals surface area contributed by atoms with E-state index in [2.05, 4.69) is 37.2 Å². The maximum atomic E-state index is 12.0. The van der Waals surface area contributed by atoms with Gasteiger partial charge in [-0.25, -0.2) is 27.7 Å². The normalized spacial score (nSPS) is 13.3. The van der Waals surface area contributed by atoms with Crippen molar-refractivity contribution in [2.24, 2.45) is 0 Å². The molecule has 0 N–H and O–H groups in total. The number of aryl methyl sites for hydroxylation is 2. The summed E-state index contributed by atoms with van der Waals surface area (Å²) < 4.78 is 33.0. The number of fused-ring (bicyclic) bond motifs is 1. The molecule has 33 heavy (non-hydrogen) atoms. The smallest absolute Gasteiger partial charge is 0.222 e. The molecule has 3 aromatic heterocycles. The minimum absolute atomic E-state index is 0.0488. The molecule has 0 aliphatic rings. The second kappa shape index (κ2) is 9.77. The van der Waals surface area contributed by atoms with E-state index in [0.29, 0.717) is 24.8 Å². The standard InChI is InChI=1S/C24H35N5O3S/c1-9-17(14-28(6)33(8,30)31)29-13-16(5)21-23(29)25-19(10-2)22(27-21)18-11-12-20(15(3)4)26-24(18)32-7/h11-13,15,17H,9-10,14H2,1-8H3. The molecular weight excluding hydrogens is 438 g/mol. The molecule has 180 valence electrons. The number of methoxy groups -OCH3 is 1. The summed E-state index contributed by atoms with van der Waals surface area (Å²) in [5, 5.41) is 0. The van der Waals surface area contributed by atoms with Crippen molar-refractivity contribution >= 4 is 21.2 Å². The van der Waals surface area contributed by atoms with E-state index in [0.717, 1.165) is 45.8 Å². The zero-order chi connectivity index (χ0) is 24.5. The van der Waals surface area contributed by atoms with Gasteiger partial charge in [0.15, 0.2) is 5.65 Å². The monoisotopic (exact) mass is 473 g/mol. The summed E-state index contributed by atoms with van der Waals surface area (Å²) in [5.74, 6) is 0.835. The zero-order valence-corrected chi connectivity index (χ0v) is 21.7. The maximum Gasteiger partial charge on any atom is 0.222 e. The van der Waals surface area contributed by atoms with Gasteiger partial charge in [0.05, 0.1) is 30.3 Å². The van der Waals surface area contributed by atoms with Gasteiger partial charge in [-0.15, -0.1) is 0 Å². The molecule has 0 bridgehead atoms. The fourth-order valence-corrected chi connectivity index (χ4v) is 4.38. The van der Waals surface area contributed by atoms with Crippen LogP contribution in [0.5, 0.6) is 5.88 Å². The molecule has 0 aliphatic carbocycles. The Balaban J connectivity index is 2.17. The van der Waals surface area contributed by atoms with Gasteiger partial charge in [-0.05, 0) is 43.4 Å². The van der Waals surface area contributed by atoms with Crippen molar-refractivity contribution in [1.29, 1.82) is 0 Å². The van der Waals surface area contributed by atoms with E-state index in [-0.39, 0.29) is 6.04 Å². The first-order valence-corrected chi connectivity index (χ1v) is 13.2. The second-order valence-electron chi connectivity index (χ2n) is 8.82. The van der Waals surface area contributed by atoms with Gasteiger partial charge in [-0.3, -0.25) is 0 Å². The third-order valence-electron chi connectivity index (χ3n) is 6.06. The van der Waals surface area contributed by atoms with Crippen LogP contribution in [-0.4, -0.2) is 59.2 Å².